The number of anilines is 1. The molecule has 5 N–H and O–H groups in total. The maximum Gasteiger partial charge on any atom is 0.481 e. The highest BCUT2D eigenvalue weighted by atomic mass is 31.3. The van der Waals surface area contributed by atoms with Crippen LogP contribution in [-0.4, -0.2) is 60.3 Å². The number of nitrogens with zero attached hydrogens (tertiary/aromatic N) is 4. The third kappa shape index (κ3) is 4.51. The fourth-order valence-corrected chi connectivity index (χ4v) is 4.31. The van der Waals surface area contributed by atoms with Gasteiger partial charge in [0.2, 0.25) is 0 Å². The molecular formula is C11H17N5O9P2. The van der Waals surface area contributed by atoms with Crippen molar-refractivity contribution in [3.63, 3.8) is 0 Å². The zero-order valence-electron chi connectivity index (χ0n) is 13.9. The van der Waals surface area contributed by atoms with Crippen LogP contribution in [0.3, 0.4) is 0 Å². The molecule has 1 fully saturated rings. The van der Waals surface area contributed by atoms with Crippen LogP contribution in [0.25, 0.3) is 11.2 Å². The number of fused-ring (bicyclic) bond motifs is 1. The number of hydrogen-bond acceptors (Lipinski definition) is 11. The summed E-state index contributed by atoms with van der Waals surface area (Å²) in [6, 6.07) is 0. The molecule has 1 aliphatic rings. The van der Waals surface area contributed by atoms with Crippen LogP contribution in [0.5, 0.6) is 0 Å². The van der Waals surface area contributed by atoms with E-state index in [1.165, 1.54) is 17.2 Å². The summed E-state index contributed by atoms with van der Waals surface area (Å²) in [4.78, 5) is 30.5. The highest BCUT2D eigenvalue weighted by Crippen LogP contribution is 2.60. The second kappa shape index (κ2) is 7.51. The summed E-state index contributed by atoms with van der Waals surface area (Å²) >= 11 is 0. The third-order valence-corrected chi connectivity index (χ3v) is 6.33. The molecule has 0 bridgehead atoms. The van der Waals surface area contributed by atoms with Gasteiger partial charge in [0, 0.05) is 13.5 Å². The molecule has 1 aliphatic heterocycles. The van der Waals surface area contributed by atoms with Crippen LogP contribution >= 0.6 is 15.6 Å². The van der Waals surface area contributed by atoms with Gasteiger partial charge in [-0.15, -0.1) is 0 Å². The number of phosphoric acid groups is 2. The number of ether oxygens (including phenoxy) is 1. The SMILES string of the molecule is COP(=O)(O)OP(=O)(O)OC[C@H]1O[C@@H](n2cnc3c(N)ncnc32)C[C@@H]1O. The first-order chi connectivity index (χ1) is 12.6. The molecule has 1 saturated heterocycles. The summed E-state index contributed by atoms with van der Waals surface area (Å²) in [5.41, 5.74) is 6.47. The minimum atomic E-state index is -4.92. The molecule has 0 aromatic carbocycles. The van der Waals surface area contributed by atoms with E-state index in [1.807, 2.05) is 0 Å². The lowest BCUT2D eigenvalue weighted by molar-refractivity contribution is -0.0424. The number of aromatic nitrogens is 4. The van der Waals surface area contributed by atoms with Gasteiger partial charge in [-0.1, -0.05) is 0 Å². The van der Waals surface area contributed by atoms with E-state index >= 15 is 0 Å². The first kappa shape index (κ1) is 20.3. The van der Waals surface area contributed by atoms with E-state index in [0.717, 1.165) is 7.11 Å². The first-order valence-corrected chi connectivity index (χ1v) is 10.4. The standard InChI is InChI=1S/C11H17N5O9P2/c1-22-26(18,19)25-27(20,21)23-3-7-6(17)2-8(24-7)16-5-15-9-10(12)13-4-14-11(9)16/h4-8,17H,2-3H2,1H3,(H,18,19)(H,20,21)(H2,12,13,14)/t6-,7+,8+/m0/s1. The molecule has 2 unspecified atom stereocenters. The van der Waals surface area contributed by atoms with Crippen molar-refractivity contribution in [3.8, 4) is 0 Å². The zero-order valence-corrected chi connectivity index (χ0v) is 15.6. The number of hydrogen-bond donors (Lipinski definition) is 4. The average molecular weight is 425 g/mol. The number of aliphatic hydroxyl groups is 1. The van der Waals surface area contributed by atoms with Gasteiger partial charge in [0.1, 0.15) is 24.2 Å². The van der Waals surface area contributed by atoms with Crippen molar-refractivity contribution in [3.05, 3.63) is 12.7 Å². The van der Waals surface area contributed by atoms with E-state index in [0.29, 0.717) is 11.2 Å². The molecule has 0 spiro atoms. The second-order valence-corrected chi connectivity index (χ2v) is 8.66. The van der Waals surface area contributed by atoms with E-state index in [2.05, 4.69) is 28.3 Å². The zero-order chi connectivity index (χ0) is 19.8. The lowest BCUT2D eigenvalue weighted by Gasteiger charge is -2.18. The molecule has 3 rings (SSSR count). The van der Waals surface area contributed by atoms with Gasteiger partial charge in [-0.25, -0.2) is 24.1 Å². The largest absolute Gasteiger partial charge is 0.481 e. The molecule has 16 heteroatoms. The maximum absolute atomic E-state index is 11.7. The van der Waals surface area contributed by atoms with Crippen molar-refractivity contribution in [2.24, 2.45) is 0 Å². The van der Waals surface area contributed by atoms with E-state index in [4.69, 9.17) is 15.4 Å². The van der Waals surface area contributed by atoms with E-state index < -0.39 is 40.7 Å². The number of nitrogen functional groups attached to an aromatic ring is 1. The van der Waals surface area contributed by atoms with Crippen LogP contribution in [0, 0.1) is 0 Å². The lowest BCUT2D eigenvalue weighted by Crippen LogP contribution is -2.26. The normalized spacial score (nSPS) is 27.5. The highest BCUT2D eigenvalue weighted by molar-refractivity contribution is 7.61. The fraction of sp³-hybridized carbons (Fsp3) is 0.545. The Labute approximate surface area is 152 Å². The molecule has 2 aromatic heterocycles. The summed E-state index contributed by atoms with van der Waals surface area (Å²) in [5, 5.41) is 10.1. The number of rotatable bonds is 7. The van der Waals surface area contributed by atoms with Crippen molar-refractivity contribution in [1.82, 2.24) is 19.5 Å². The molecule has 0 saturated carbocycles. The first-order valence-electron chi connectivity index (χ1n) is 7.45. The van der Waals surface area contributed by atoms with Gasteiger partial charge in [-0.05, 0) is 0 Å². The fourth-order valence-electron chi connectivity index (χ4n) is 2.47. The van der Waals surface area contributed by atoms with E-state index in [-0.39, 0.29) is 12.2 Å². The van der Waals surface area contributed by atoms with Crippen LogP contribution in [0.4, 0.5) is 5.82 Å². The Morgan fingerprint density at radius 3 is 2.78 bits per heavy atom. The lowest BCUT2D eigenvalue weighted by atomic mass is 10.2. The predicted molar refractivity (Wildman–Crippen MR) is 88.0 cm³/mol. The van der Waals surface area contributed by atoms with Crippen molar-refractivity contribution in [1.29, 1.82) is 0 Å². The maximum atomic E-state index is 11.7. The monoisotopic (exact) mass is 425 g/mol. The van der Waals surface area contributed by atoms with Gasteiger partial charge in [-0.2, -0.15) is 4.31 Å². The average Bonchev–Trinajstić information content (AvgIpc) is 3.16. The number of nitrogens with two attached hydrogens (primary N) is 1. The molecule has 3 heterocycles. The van der Waals surface area contributed by atoms with Gasteiger partial charge in [-0.3, -0.25) is 13.6 Å². The van der Waals surface area contributed by atoms with Gasteiger partial charge in [0.25, 0.3) is 0 Å². The second-order valence-electron chi connectivity index (χ2n) is 5.51. The Morgan fingerprint density at radius 2 is 2.07 bits per heavy atom. The minimum Gasteiger partial charge on any atom is -0.390 e. The summed E-state index contributed by atoms with van der Waals surface area (Å²) in [5.74, 6) is 0.183. The summed E-state index contributed by atoms with van der Waals surface area (Å²) < 4.78 is 42.7. The van der Waals surface area contributed by atoms with Crippen molar-refractivity contribution < 1.29 is 42.1 Å². The molecule has 0 amide bonds. The van der Waals surface area contributed by atoms with Crippen LogP contribution in [0.2, 0.25) is 0 Å². The van der Waals surface area contributed by atoms with Gasteiger partial charge >= 0.3 is 15.6 Å². The molecule has 14 nitrogen and oxygen atoms in total. The quantitative estimate of drug-likeness (QED) is 0.430. The number of aliphatic hydroxyl groups excluding tert-OH is 1. The smallest absolute Gasteiger partial charge is 0.390 e. The Hall–Kier alpha value is -1.47. The Balaban J connectivity index is 1.67. The van der Waals surface area contributed by atoms with Gasteiger partial charge < -0.3 is 25.4 Å². The molecule has 0 radical (unpaired) electrons. The van der Waals surface area contributed by atoms with E-state index in [9.17, 15) is 19.1 Å². The Morgan fingerprint density at radius 1 is 1.33 bits per heavy atom. The Bertz CT molecular complexity index is 923. The summed E-state index contributed by atoms with van der Waals surface area (Å²) in [7, 11) is -8.84. The van der Waals surface area contributed by atoms with Crippen molar-refractivity contribution in [2.45, 2.75) is 24.9 Å². The van der Waals surface area contributed by atoms with E-state index in [1.54, 1.807) is 0 Å². The summed E-state index contributed by atoms with van der Waals surface area (Å²) in [6.07, 6.45) is -0.00123. The Kier molecular flexibility index (Phi) is 5.64. The van der Waals surface area contributed by atoms with Crippen LogP contribution in [0.1, 0.15) is 12.6 Å². The molecule has 5 atom stereocenters. The van der Waals surface area contributed by atoms with Crippen LogP contribution in [-0.2, 0) is 27.2 Å². The number of phosphoric ester groups is 2. The topological polar surface area (TPSA) is 201 Å². The van der Waals surface area contributed by atoms with Crippen LogP contribution in [0.15, 0.2) is 12.7 Å². The molecule has 27 heavy (non-hydrogen) atoms. The van der Waals surface area contributed by atoms with Crippen LogP contribution < -0.4 is 5.73 Å². The van der Waals surface area contributed by atoms with Gasteiger partial charge in [0.15, 0.2) is 11.5 Å². The van der Waals surface area contributed by atoms with Crippen molar-refractivity contribution in [2.75, 3.05) is 19.5 Å². The number of imidazole rings is 1. The molecule has 150 valence electrons. The predicted octanol–water partition coefficient (Wildman–Crippen LogP) is -0.0627. The third-order valence-electron chi connectivity index (χ3n) is 3.74. The van der Waals surface area contributed by atoms with Gasteiger partial charge in [0.05, 0.1) is 19.0 Å². The molecule has 0 aliphatic carbocycles. The summed E-state index contributed by atoms with van der Waals surface area (Å²) in [6.45, 7) is -0.584. The highest BCUT2D eigenvalue weighted by Gasteiger charge is 2.40. The molecular weight excluding hydrogens is 408 g/mol. The minimum absolute atomic E-state index is 0.108. The van der Waals surface area contributed by atoms with Crippen molar-refractivity contribution >= 4 is 32.6 Å². The molecule has 2 aromatic rings.